The van der Waals surface area contributed by atoms with Gasteiger partial charge in [-0.15, -0.1) is 0 Å². The van der Waals surface area contributed by atoms with Crippen molar-refractivity contribution in [3.8, 4) is 11.4 Å². The van der Waals surface area contributed by atoms with E-state index in [2.05, 4.69) is 32.8 Å². The smallest absolute Gasteiger partial charge is 0.144 e. The Morgan fingerprint density at radius 3 is 2.76 bits per heavy atom. The molecular formula is C12H10BrClN2S. The number of nitrogens with zero attached hydrogens (tertiary/aromatic N) is 1. The number of nitrogens with one attached hydrogen (secondary N) is 1. The summed E-state index contributed by atoms with van der Waals surface area (Å²) >= 11 is 14.8. The monoisotopic (exact) mass is 328 g/mol. The van der Waals surface area contributed by atoms with E-state index in [1.54, 1.807) is 0 Å². The highest BCUT2D eigenvalue weighted by atomic mass is 79.9. The van der Waals surface area contributed by atoms with E-state index in [4.69, 9.17) is 23.8 Å². The summed E-state index contributed by atoms with van der Waals surface area (Å²) in [6, 6.07) is 7.57. The average molecular weight is 330 g/mol. The van der Waals surface area contributed by atoms with Crippen LogP contribution in [0.4, 0.5) is 0 Å². The van der Waals surface area contributed by atoms with Gasteiger partial charge in [0, 0.05) is 11.3 Å². The molecule has 17 heavy (non-hydrogen) atoms. The molecule has 1 heterocycles. The van der Waals surface area contributed by atoms with E-state index in [0.717, 1.165) is 22.2 Å². The third kappa shape index (κ3) is 2.59. The second-order valence-corrected chi connectivity index (χ2v) is 5.10. The number of aromatic nitrogens is 2. The standard InChI is InChI=1S/C12H10BrClN2S/c1-2-9-10(13)12(17)16-11(15-9)7-5-3-4-6-8(7)14/h3-6H,2H2,1H3,(H,15,16,17). The number of hydrogen-bond donors (Lipinski definition) is 1. The number of aryl methyl sites for hydroxylation is 1. The first-order valence-electron chi connectivity index (χ1n) is 5.17. The Hall–Kier alpha value is -0.710. The van der Waals surface area contributed by atoms with E-state index in [0.29, 0.717) is 15.5 Å². The van der Waals surface area contributed by atoms with Crippen LogP contribution in [0, 0.1) is 4.64 Å². The molecule has 0 bridgehead atoms. The van der Waals surface area contributed by atoms with Gasteiger partial charge in [-0.25, -0.2) is 4.98 Å². The highest BCUT2D eigenvalue weighted by Crippen LogP contribution is 2.26. The summed E-state index contributed by atoms with van der Waals surface area (Å²) in [5.41, 5.74) is 1.89. The minimum atomic E-state index is 0.551. The molecule has 2 nitrogen and oxygen atoms in total. The summed E-state index contributed by atoms with van der Waals surface area (Å²) < 4.78 is 1.40. The predicted octanol–water partition coefficient (Wildman–Crippen LogP) is 4.78. The van der Waals surface area contributed by atoms with E-state index < -0.39 is 0 Å². The normalized spacial score (nSPS) is 10.5. The molecule has 0 amide bonds. The summed E-state index contributed by atoms with van der Waals surface area (Å²) in [4.78, 5) is 7.59. The topological polar surface area (TPSA) is 28.7 Å². The summed E-state index contributed by atoms with van der Waals surface area (Å²) in [6.45, 7) is 2.06. The zero-order valence-corrected chi connectivity index (χ0v) is 12.3. The first-order valence-corrected chi connectivity index (χ1v) is 6.75. The van der Waals surface area contributed by atoms with Gasteiger partial charge in [-0.3, -0.25) is 0 Å². The number of halogens is 2. The van der Waals surface area contributed by atoms with Gasteiger partial charge in [0.25, 0.3) is 0 Å². The molecule has 2 aromatic rings. The van der Waals surface area contributed by atoms with Gasteiger partial charge in [0.1, 0.15) is 10.5 Å². The summed E-state index contributed by atoms with van der Waals surface area (Å²) in [5, 5.41) is 0.662. The predicted molar refractivity (Wildman–Crippen MR) is 76.9 cm³/mol. The molecular weight excluding hydrogens is 320 g/mol. The molecule has 0 saturated heterocycles. The number of H-pyrrole nitrogens is 1. The number of rotatable bonds is 2. The molecule has 0 radical (unpaired) electrons. The number of hydrogen-bond acceptors (Lipinski definition) is 2. The lowest BCUT2D eigenvalue weighted by Gasteiger charge is -2.08. The Kier molecular flexibility index (Phi) is 3.97. The van der Waals surface area contributed by atoms with Crippen molar-refractivity contribution in [3.63, 3.8) is 0 Å². The maximum absolute atomic E-state index is 6.14. The van der Waals surface area contributed by atoms with Gasteiger partial charge in [0.2, 0.25) is 0 Å². The molecule has 0 spiro atoms. The third-order valence-corrected chi connectivity index (χ3v) is 4.16. The van der Waals surface area contributed by atoms with Crippen LogP contribution in [0.25, 0.3) is 11.4 Å². The van der Waals surface area contributed by atoms with Gasteiger partial charge < -0.3 is 4.98 Å². The van der Waals surface area contributed by atoms with Crippen molar-refractivity contribution in [3.05, 3.63) is 44.1 Å². The molecule has 0 fully saturated rings. The minimum absolute atomic E-state index is 0.551. The third-order valence-electron chi connectivity index (χ3n) is 2.42. The van der Waals surface area contributed by atoms with Gasteiger partial charge in [-0.2, -0.15) is 0 Å². The van der Waals surface area contributed by atoms with Crippen LogP contribution in [-0.4, -0.2) is 9.97 Å². The van der Waals surface area contributed by atoms with Crippen molar-refractivity contribution in [2.45, 2.75) is 13.3 Å². The molecule has 0 aliphatic carbocycles. The lowest BCUT2D eigenvalue weighted by atomic mass is 10.2. The van der Waals surface area contributed by atoms with Crippen LogP contribution in [0.3, 0.4) is 0 Å². The minimum Gasteiger partial charge on any atom is -0.342 e. The SMILES string of the molecule is CCc1[nH]c(-c2ccccc2Cl)nc(=S)c1Br. The molecule has 0 aliphatic rings. The van der Waals surface area contributed by atoms with Gasteiger partial charge >= 0.3 is 0 Å². The highest BCUT2D eigenvalue weighted by molar-refractivity contribution is 9.10. The van der Waals surface area contributed by atoms with Crippen molar-refractivity contribution >= 4 is 39.7 Å². The fraction of sp³-hybridized carbons (Fsp3) is 0.167. The van der Waals surface area contributed by atoms with Gasteiger partial charge in [-0.05, 0) is 34.5 Å². The van der Waals surface area contributed by atoms with Crippen molar-refractivity contribution in [1.82, 2.24) is 9.97 Å². The summed E-state index contributed by atoms with van der Waals surface area (Å²) in [5.74, 6) is 0.709. The first kappa shape index (κ1) is 12.7. The van der Waals surface area contributed by atoms with Crippen molar-refractivity contribution in [2.75, 3.05) is 0 Å². The van der Waals surface area contributed by atoms with E-state index in [-0.39, 0.29) is 0 Å². The summed E-state index contributed by atoms with van der Waals surface area (Å²) in [7, 11) is 0. The van der Waals surface area contributed by atoms with Crippen LogP contribution in [0.1, 0.15) is 12.6 Å². The van der Waals surface area contributed by atoms with Crippen molar-refractivity contribution in [1.29, 1.82) is 0 Å². The van der Waals surface area contributed by atoms with Crippen molar-refractivity contribution in [2.24, 2.45) is 0 Å². The molecule has 88 valence electrons. The molecule has 1 aromatic heterocycles. The van der Waals surface area contributed by atoms with E-state index in [9.17, 15) is 0 Å². The Bertz CT molecular complexity index is 610. The molecule has 0 atom stereocenters. The quantitative estimate of drug-likeness (QED) is 0.803. The van der Waals surface area contributed by atoms with Crippen LogP contribution in [0.15, 0.2) is 28.7 Å². The van der Waals surface area contributed by atoms with E-state index >= 15 is 0 Å². The van der Waals surface area contributed by atoms with E-state index in [1.807, 2.05) is 24.3 Å². The Balaban J connectivity index is 2.66. The fourth-order valence-corrected chi connectivity index (χ4v) is 2.44. The van der Waals surface area contributed by atoms with Crippen LogP contribution in [-0.2, 0) is 6.42 Å². The van der Waals surface area contributed by atoms with Crippen LogP contribution in [0.2, 0.25) is 5.02 Å². The van der Waals surface area contributed by atoms with Crippen LogP contribution in [0.5, 0.6) is 0 Å². The molecule has 2 rings (SSSR count). The van der Waals surface area contributed by atoms with Gasteiger partial charge in [-0.1, -0.05) is 42.9 Å². The lowest BCUT2D eigenvalue weighted by molar-refractivity contribution is 0.984. The molecule has 1 aromatic carbocycles. The number of aromatic amines is 1. The highest BCUT2D eigenvalue weighted by Gasteiger charge is 2.08. The Morgan fingerprint density at radius 2 is 2.12 bits per heavy atom. The zero-order valence-electron chi connectivity index (χ0n) is 9.13. The van der Waals surface area contributed by atoms with Gasteiger partial charge in [0.05, 0.1) is 9.50 Å². The second kappa shape index (κ2) is 5.29. The maximum atomic E-state index is 6.14. The molecule has 0 saturated carbocycles. The largest absolute Gasteiger partial charge is 0.342 e. The van der Waals surface area contributed by atoms with Gasteiger partial charge in [0.15, 0.2) is 0 Å². The second-order valence-electron chi connectivity index (χ2n) is 3.52. The fourth-order valence-electron chi connectivity index (χ4n) is 1.53. The Morgan fingerprint density at radius 1 is 1.41 bits per heavy atom. The first-order chi connectivity index (χ1) is 8.13. The summed E-state index contributed by atoms with van der Waals surface area (Å²) in [6.07, 6.45) is 0.851. The zero-order chi connectivity index (χ0) is 12.4. The van der Waals surface area contributed by atoms with Crippen LogP contribution >= 0.6 is 39.7 Å². The molecule has 5 heteroatoms. The molecule has 0 unspecified atom stereocenters. The average Bonchev–Trinajstić information content (AvgIpc) is 2.33. The maximum Gasteiger partial charge on any atom is 0.144 e. The number of benzene rings is 1. The van der Waals surface area contributed by atoms with E-state index in [1.165, 1.54) is 0 Å². The molecule has 1 N–H and O–H groups in total. The van der Waals surface area contributed by atoms with Crippen LogP contribution < -0.4 is 0 Å². The van der Waals surface area contributed by atoms with Crippen molar-refractivity contribution < 1.29 is 0 Å². The lowest BCUT2D eigenvalue weighted by Crippen LogP contribution is -1.97. The Labute approximate surface area is 118 Å². The molecule has 0 aliphatic heterocycles.